The summed E-state index contributed by atoms with van der Waals surface area (Å²) in [7, 11) is 1.86. The van der Waals surface area contributed by atoms with Gasteiger partial charge in [-0.2, -0.15) is 0 Å². The highest BCUT2D eigenvalue weighted by molar-refractivity contribution is 5.80. The van der Waals surface area contributed by atoms with Crippen LogP contribution in [0, 0.1) is 11.8 Å². The Hall–Kier alpha value is -1.58. The van der Waals surface area contributed by atoms with Crippen molar-refractivity contribution in [3.05, 3.63) is 30.1 Å². The monoisotopic (exact) mass is 274 g/mol. The van der Waals surface area contributed by atoms with Crippen molar-refractivity contribution in [2.24, 2.45) is 16.8 Å². The molecule has 1 aromatic heterocycles. The lowest BCUT2D eigenvalue weighted by molar-refractivity contribution is 0.403. The van der Waals surface area contributed by atoms with Gasteiger partial charge >= 0.3 is 0 Å². The summed E-state index contributed by atoms with van der Waals surface area (Å²) in [6.45, 7) is 7.58. The number of hydrogen-bond donors (Lipinski definition) is 1. The second-order valence-corrected chi connectivity index (χ2v) is 5.95. The molecule has 4 nitrogen and oxygen atoms in total. The maximum Gasteiger partial charge on any atom is 0.193 e. The van der Waals surface area contributed by atoms with Gasteiger partial charge in [0.2, 0.25) is 0 Å². The number of pyridine rings is 1. The summed E-state index contributed by atoms with van der Waals surface area (Å²) < 4.78 is 0. The molecule has 1 aliphatic rings. The first-order chi connectivity index (χ1) is 9.69. The van der Waals surface area contributed by atoms with E-state index in [-0.39, 0.29) is 0 Å². The minimum Gasteiger partial charge on any atom is -0.351 e. The average Bonchev–Trinajstić information content (AvgIpc) is 2.88. The summed E-state index contributed by atoms with van der Waals surface area (Å²) in [5.41, 5.74) is 1.05. The third-order valence-corrected chi connectivity index (χ3v) is 3.76. The first kappa shape index (κ1) is 14.8. The molecule has 1 saturated heterocycles. The molecule has 0 aromatic carbocycles. The van der Waals surface area contributed by atoms with E-state index in [0.717, 1.165) is 43.1 Å². The molecule has 0 bridgehead atoms. The molecule has 0 saturated carbocycles. The van der Waals surface area contributed by atoms with Crippen molar-refractivity contribution in [2.75, 3.05) is 20.1 Å². The first-order valence-electron chi connectivity index (χ1n) is 7.54. The Balaban J connectivity index is 1.84. The topological polar surface area (TPSA) is 40.5 Å². The highest BCUT2D eigenvalue weighted by Gasteiger charge is 2.25. The van der Waals surface area contributed by atoms with Gasteiger partial charge in [-0.05, 0) is 36.8 Å². The van der Waals surface area contributed by atoms with Crippen LogP contribution in [0.25, 0.3) is 0 Å². The van der Waals surface area contributed by atoms with Crippen LogP contribution in [0.2, 0.25) is 0 Å². The van der Waals surface area contributed by atoms with Crippen molar-refractivity contribution in [3.63, 3.8) is 0 Å². The van der Waals surface area contributed by atoms with Crippen molar-refractivity contribution in [3.8, 4) is 0 Å². The van der Waals surface area contributed by atoms with Gasteiger partial charge in [0, 0.05) is 26.3 Å². The lowest BCUT2D eigenvalue weighted by Gasteiger charge is -2.22. The van der Waals surface area contributed by atoms with E-state index < -0.39 is 0 Å². The predicted octanol–water partition coefficient (Wildman–Crippen LogP) is 2.53. The molecule has 1 aliphatic heterocycles. The first-order valence-corrected chi connectivity index (χ1v) is 7.54. The van der Waals surface area contributed by atoms with Crippen LogP contribution in [0.4, 0.5) is 0 Å². The van der Waals surface area contributed by atoms with E-state index in [1.807, 2.05) is 31.4 Å². The molecule has 0 spiro atoms. The second kappa shape index (κ2) is 7.27. The minimum atomic E-state index is 0.735. The smallest absolute Gasteiger partial charge is 0.193 e. The summed E-state index contributed by atoms with van der Waals surface area (Å²) >= 11 is 0. The third kappa shape index (κ3) is 4.22. The molecule has 20 heavy (non-hydrogen) atoms. The van der Waals surface area contributed by atoms with Crippen LogP contribution in [0.5, 0.6) is 0 Å². The molecule has 2 rings (SSSR count). The highest BCUT2D eigenvalue weighted by atomic mass is 15.3. The Labute approximate surface area is 122 Å². The average molecular weight is 274 g/mol. The summed E-state index contributed by atoms with van der Waals surface area (Å²) in [4.78, 5) is 11.1. The molecule has 1 unspecified atom stereocenters. The van der Waals surface area contributed by atoms with E-state index in [1.165, 1.54) is 12.8 Å². The Morgan fingerprint density at radius 2 is 2.35 bits per heavy atom. The van der Waals surface area contributed by atoms with Crippen molar-refractivity contribution < 1.29 is 0 Å². The molecule has 1 N–H and O–H groups in total. The fraction of sp³-hybridized carbons (Fsp3) is 0.625. The van der Waals surface area contributed by atoms with Crippen molar-refractivity contribution in [1.29, 1.82) is 0 Å². The standard InChI is InChI=1S/C16H26N4/c1-13(2)10-14-7-9-20(12-14)16(17-3)19-11-15-6-4-5-8-18-15/h4-6,8,13-14H,7,9-12H2,1-3H3,(H,17,19). The largest absolute Gasteiger partial charge is 0.351 e. The molecule has 2 heterocycles. The zero-order valence-corrected chi connectivity index (χ0v) is 12.8. The SMILES string of the molecule is CN=C(NCc1ccccn1)N1CCC(CC(C)C)C1. The summed E-state index contributed by atoms with van der Waals surface area (Å²) in [5.74, 6) is 2.59. The Kier molecular flexibility index (Phi) is 5.39. The van der Waals surface area contributed by atoms with Gasteiger partial charge in [0.05, 0.1) is 12.2 Å². The predicted molar refractivity (Wildman–Crippen MR) is 83.6 cm³/mol. The van der Waals surface area contributed by atoms with Gasteiger partial charge in [-0.3, -0.25) is 9.98 Å². The fourth-order valence-corrected chi connectivity index (χ4v) is 2.89. The summed E-state index contributed by atoms with van der Waals surface area (Å²) in [6.07, 6.45) is 4.42. The van der Waals surface area contributed by atoms with E-state index in [4.69, 9.17) is 0 Å². The van der Waals surface area contributed by atoms with Crippen LogP contribution < -0.4 is 5.32 Å². The minimum absolute atomic E-state index is 0.735. The molecule has 110 valence electrons. The van der Waals surface area contributed by atoms with E-state index in [2.05, 4.69) is 34.0 Å². The van der Waals surface area contributed by atoms with Gasteiger partial charge in [-0.25, -0.2) is 0 Å². The van der Waals surface area contributed by atoms with Crippen LogP contribution in [-0.4, -0.2) is 36.0 Å². The molecule has 0 radical (unpaired) electrons. The van der Waals surface area contributed by atoms with E-state index in [9.17, 15) is 0 Å². The molecular formula is C16H26N4. The number of nitrogens with one attached hydrogen (secondary N) is 1. The van der Waals surface area contributed by atoms with Crippen molar-refractivity contribution >= 4 is 5.96 Å². The molecule has 1 aromatic rings. The lowest BCUT2D eigenvalue weighted by Crippen LogP contribution is -2.39. The number of aromatic nitrogens is 1. The molecular weight excluding hydrogens is 248 g/mol. The number of guanidine groups is 1. The number of aliphatic imine (C=N–C) groups is 1. The van der Waals surface area contributed by atoms with Crippen LogP contribution >= 0.6 is 0 Å². The van der Waals surface area contributed by atoms with Crippen LogP contribution in [0.15, 0.2) is 29.4 Å². The zero-order chi connectivity index (χ0) is 14.4. The lowest BCUT2D eigenvalue weighted by atomic mass is 9.97. The van der Waals surface area contributed by atoms with E-state index in [0.29, 0.717) is 0 Å². The van der Waals surface area contributed by atoms with Crippen LogP contribution in [0.1, 0.15) is 32.4 Å². The van der Waals surface area contributed by atoms with E-state index in [1.54, 1.807) is 0 Å². The van der Waals surface area contributed by atoms with Gasteiger partial charge in [0.25, 0.3) is 0 Å². The molecule has 1 fully saturated rings. The number of nitrogens with zero attached hydrogens (tertiary/aromatic N) is 3. The zero-order valence-electron chi connectivity index (χ0n) is 12.8. The Morgan fingerprint density at radius 1 is 1.50 bits per heavy atom. The molecule has 0 amide bonds. The maximum absolute atomic E-state index is 4.40. The number of hydrogen-bond acceptors (Lipinski definition) is 2. The molecule has 1 atom stereocenters. The Bertz CT molecular complexity index is 427. The Morgan fingerprint density at radius 3 is 3.00 bits per heavy atom. The quantitative estimate of drug-likeness (QED) is 0.677. The third-order valence-electron chi connectivity index (χ3n) is 3.76. The second-order valence-electron chi connectivity index (χ2n) is 5.95. The molecule has 4 heteroatoms. The van der Waals surface area contributed by atoms with E-state index >= 15 is 0 Å². The van der Waals surface area contributed by atoms with Gasteiger partial charge < -0.3 is 10.2 Å². The molecule has 0 aliphatic carbocycles. The van der Waals surface area contributed by atoms with Gasteiger partial charge in [-0.15, -0.1) is 0 Å². The van der Waals surface area contributed by atoms with Crippen molar-refractivity contribution in [1.82, 2.24) is 15.2 Å². The van der Waals surface area contributed by atoms with Crippen LogP contribution in [-0.2, 0) is 6.54 Å². The van der Waals surface area contributed by atoms with Crippen LogP contribution in [0.3, 0.4) is 0 Å². The summed E-state index contributed by atoms with van der Waals surface area (Å²) in [5, 5.41) is 3.41. The normalized spacial score (nSPS) is 19.7. The number of likely N-dealkylation sites (tertiary alicyclic amines) is 1. The van der Waals surface area contributed by atoms with Gasteiger partial charge in [-0.1, -0.05) is 19.9 Å². The fourth-order valence-electron chi connectivity index (χ4n) is 2.89. The van der Waals surface area contributed by atoms with Gasteiger partial charge in [0.1, 0.15) is 0 Å². The summed E-state index contributed by atoms with van der Waals surface area (Å²) in [6, 6.07) is 5.99. The highest BCUT2D eigenvalue weighted by Crippen LogP contribution is 2.23. The maximum atomic E-state index is 4.40. The number of rotatable bonds is 4. The van der Waals surface area contributed by atoms with Gasteiger partial charge in [0.15, 0.2) is 5.96 Å². The van der Waals surface area contributed by atoms with Crippen molar-refractivity contribution in [2.45, 2.75) is 33.2 Å².